The number of halogens is 1. The van der Waals surface area contributed by atoms with Gasteiger partial charge in [-0.15, -0.1) is 0 Å². The second-order valence-electron chi connectivity index (χ2n) is 6.29. The number of nitrogens with zero attached hydrogens (tertiary/aromatic N) is 1. The number of benzene rings is 1. The van der Waals surface area contributed by atoms with Gasteiger partial charge < -0.3 is 15.0 Å². The highest BCUT2D eigenvalue weighted by Crippen LogP contribution is 2.34. The smallest absolute Gasteiger partial charge is 0.251 e. The zero-order valence-corrected chi connectivity index (χ0v) is 13.9. The van der Waals surface area contributed by atoms with Gasteiger partial charge >= 0.3 is 0 Å². The van der Waals surface area contributed by atoms with Gasteiger partial charge in [-0.2, -0.15) is 0 Å². The summed E-state index contributed by atoms with van der Waals surface area (Å²) < 4.78 is 6.66. The molecule has 2 bridgehead atoms. The molecule has 0 spiro atoms. The standard InChI is InChI=1S/C17H19BrN2O2/c18-14-5-8-22-16-9-12(1-2-13(14)16)17(21)19-15-10-20-6-3-11(15)4-7-20/h1-2,5,9,11,15H,3-4,6-8,10H2,(H,19,21)/t15-/m0/s1. The first kappa shape index (κ1) is 14.3. The molecule has 0 aromatic heterocycles. The van der Waals surface area contributed by atoms with Crippen LogP contribution >= 0.6 is 15.9 Å². The molecule has 0 unspecified atom stereocenters. The van der Waals surface area contributed by atoms with Gasteiger partial charge in [-0.25, -0.2) is 0 Å². The number of fused-ring (bicyclic) bond motifs is 4. The van der Waals surface area contributed by atoms with Crippen molar-refractivity contribution in [2.75, 3.05) is 26.2 Å². The molecule has 4 aliphatic rings. The fourth-order valence-electron chi connectivity index (χ4n) is 3.68. The van der Waals surface area contributed by atoms with Crippen LogP contribution in [0.1, 0.15) is 28.8 Å². The fourth-order valence-corrected chi connectivity index (χ4v) is 4.13. The average Bonchev–Trinajstić information content (AvgIpc) is 2.56. The van der Waals surface area contributed by atoms with Gasteiger partial charge in [-0.1, -0.05) is 15.9 Å². The number of carbonyl (C=O) groups excluding carboxylic acids is 1. The van der Waals surface area contributed by atoms with Crippen LogP contribution in [0.25, 0.3) is 4.48 Å². The summed E-state index contributed by atoms with van der Waals surface area (Å²) in [6.07, 6.45) is 4.39. The van der Waals surface area contributed by atoms with Gasteiger partial charge in [-0.3, -0.25) is 4.79 Å². The van der Waals surface area contributed by atoms with E-state index in [1.165, 1.54) is 25.9 Å². The second-order valence-corrected chi connectivity index (χ2v) is 7.15. The van der Waals surface area contributed by atoms with E-state index < -0.39 is 0 Å². The summed E-state index contributed by atoms with van der Waals surface area (Å²) in [7, 11) is 0. The van der Waals surface area contributed by atoms with Crippen molar-refractivity contribution in [1.29, 1.82) is 0 Å². The Morgan fingerprint density at radius 3 is 2.86 bits per heavy atom. The van der Waals surface area contributed by atoms with E-state index in [1.807, 2.05) is 24.3 Å². The molecular weight excluding hydrogens is 344 g/mol. The van der Waals surface area contributed by atoms with E-state index in [9.17, 15) is 4.79 Å². The maximum Gasteiger partial charge on any atom is 0.251 e. The summed E-state index contributed by atoms with van der Waals surface area (Å²) in [5.74, 6) is 1.42. The van der Waals surface area contributed by atoms with Crippen LogP contribution in [0.3, 0.4) is 0 Å². The summed E-state index contributed by atoms with van der Waals surface area (Å²) in [6.45, 7) is 3.90. The lowest BCUT2D eigenvalue weighted by Gasteiger charge is -2.44. The van der Waals surface area contributed by atoms with Crippen LogP contribution in [0, 0.1) is 5.92 Å². The van der Waals surface area contributed by atoms with Gasteiger partial charge in [0.2, 0.25) is 0 Å². The Bertz CT molecular complexity index is 636. The van der Waals surface area contributed by atoms with E-state index >= 15 is 0 Å². The predicted octanol–water partition coefficient (Wildman–Crippen LogP) is 2.64. The minimum atomic E-state index is 0.0100. The molecule has 116 valence electrons. The zero-order valence-electron chi connectivity index (χ0n) is 12.3. The third kappa shape index (κ3) is 2.57. The zero-order chi connectivity index (χ0) is 15.1. The van der Waals surface area contributed by atoms with Gasteiger partial charge in [0.15, 0.2) is 0 Å². The summed E-state index contributed by atoms with van der Waals surface area (Å²) in [5.41, 5.74) is 1.68. The third-order valence-electron chi connectivity index (χ3n) is 4.98. The first-order chi connectivity index (χ1) is 10.7. The normalized spacial score (nSPS) is 29.3. The molecule has 3 fully saturated rings. The monoisotopic (exact) mass is 362 g/mol. The quantitative estimate of drug-likeness (QED) is 0.879. The van der Waals surface area contributed by atoms with Crippen LogP contribution in [0.2, 0.25) is 0 Å². The molecule has 0 aliphatic carbocycles. The Morgan fingerprint density at radius 2 is 2.14 bits per heavy atom. The van der Waals surface area contributed by atoms with Gasteiger partial charge in [0.25, 0.3) is 5.91 Å². The minimum absolute atomic E-state index is 0.0100. The van der Waals surface area contributed by atoms with E-state index in [0.717, 1.165) is 22.3 Å². The van der Waals surface area contributed by atoms with Crippen LogP contribution in [0.5, 0.6) is 5.75 Å². The van der Waals surface area contributed by atoms with Crippen molar-refractivity contribution in [1.82, 2.24) is 10.2 Å². The fraction of sp³-hybridized carbons (Fsp3) is 0.471. The second kappa shape index (κ2) is 5.70. The number of amides is 1. The van der Waals surface area contributed by atoms with Crippen LogP contribution in [-0.2, 0) is 0 Å². The van der Waals surface area contributed by atoms with Gasteiger partial charge in [-0.05, 0) is 56.1 Å². The lowest BCUT2D eigenvalue weighted by atomic mass is 9.84. The molecule has 1 N–H and O–H groups in total. The molecule has 4 nitrogen and oxygen atoms in total. The van der Waals surface area contributed by atoms with E-state index in [2.05, 4.69) is 26.1 Å². The van der Waals surface area contributed by atoms with Gasteiger partial charge in [0.05, 0.1) is 0 Å². The highest BCUT2D eigenvalue weighted by Gasteiger charge is 2.35. The number of rotatable bonds is 2. The molecule has 1 atom stereocenters. The maximum atomic E-state index is 12.5. The van der Waals surface area contributed by atoms with Crippen molar-refractivity contribution in [3.8, 4) is 5.75 Å². The third-order valence-corrected chi connectivity index (χ3v) is 5.73. The molecule has 0 saturated carbocycles. The van der Waals surface area contributed by atoms with Crippen LogP contribution in [0.4, 0.5) is 0 Å². The molecule has 4 heterocycles. The molecular formula is C17H19BrN2O2. The van der Waals surface area contributed by atoms with Crippen molar-refractivity contribution >= 4 is 26.3 Å². The highest BCUT2D eigenvalue weighted by atomic mass is 79.9. The number of piperidine rings is 3. The molecule has 5 heteroatoms. The molecule has 1 aromatic rings. The first-order valence-electron chi connectivity index (χ1n) is 7.87. The van der Waals surface area contributed by atoms with Crippen molar-refractivity contribution in [2.24, 2.45) is 5.92 Å². The Morgan fingerprint density at radius 1 is 1.32 bits per heavy atom. The van der Waals surface area contributed by atoms with Crippen molar-refractivity contribution in [3.63, 3.8) is 0 Å². The first-order valence-corrected chi connectivity index (χ1v) is 8.66. The predicted molar refractivity (Wildman–Crippen MR) is 89.3 cm³/mol. The Kier molecular flexibility index (Phi) is 3.70. The van der Waals surface area contributed by atoms with E-state index in [4.69, 9.17) is 4.74 Å². The Balaban J connectivity index is 1.50. The van der Waals surface area contributed by atoms with Gasteiger partial charge in [0, 0.05) is 28.2 Å². The number of nitrogens with one attached hydrogen (secondary N) is 1. The molecule has 22 heavy (non-hydrogen) atoms. The lowest BCUT2D eigenvalue weighted by Crippen LogP contribution is -2.57. The summed E-state index contributed by atoms with van der Waals surface area (Å²) in [4.78, 5) is 15.0. The molecule has 0 radical (unpaired) electrons. The van der Waals surface area contributed by atoms with E-state index in [1.54, 1.807) is 0 Å². The molecule has 4 aliphatic heterocycles. The maximum absolute atomic E-state index is 12.5. The van der Waals surface area contributed by atoms with Gasteiger partial charge in [0.1, 0.15) is 12.4 Å². The Labute approximate surface area is 138 Å². The molecule has 1 aromatic carbocycles. The number of carbonyl (C=O) groups is 1. The van der Waals surface area contributed by atoms with Crippen LogP contribution in [-0.4, -0.2) is 43.1 Å². The number of hydrogen-bond acceptors (Lipinski definition) is 3. The summed E-state index contributed by atoms with van der Waals surface area (Å²) >= 11 is 3.53. The largest absolute Gasteiger partial charge is 0.489 e. The molecule has 5 rings (SSSR count). The Hall–Kier alpha value is -1.33. The molecule has 1 amide bonds. The SMILES string of the molecule is O=C(N[C@H]1CN2CCC1CC2)c1ccc2c(c1)OCC=C2Br. The lowest BCUT2D eigenvalue weighted by molar-refractivity contribution is 0.0620. The summed E-state index contributed by atoms with van der Waals surface area (Å²) in [6, 6.07) is 5.96. The van der Waals surface area contributed by atoms with E-state index in [-0.39, 0.29) is 5.91 Å². The molecule has 3 saturated heterocycles. The van der Waals surface area contributed by atoms with Crippen molar-refractivity contribution in [3.05, 3.63) is 35.4 Å². The topological polar surface area (TPSA) is 41.6 Å². The number of ether oxygens (including phenoxy) is 1. The van der Waals surface area contributed by atoms with E-state index in [0.29, 0.717) is 24.1 Å². The minimum Gasteiger partial charge on any atom is -0.489 e. The number of hydrogen-bond donors (Lipinski definition) is 1. The highest BCUT2D eigenvalue weighted by molar-refractivity contribution is 9.15. The van der Waals surface area contributed by atoms with Crippen LogP contribution < -0.4 is 10.1 Å². The summed E-state index contributed by atoms with van der Waals surface area (Å²) in [5, 5.41) is 3.22. The van der Waals surface area contributed by atoms with Crippen molar-refractivity contribution in [2.45, 2.75) is 18.9 Å². The van der Waals surface area contributed by atoms with Crippen LogP contribution in [0.15, 0.2) is 24.3 Å². The average molecular weight is 363 g/mol. The van der Waals surface area contributed by atoms with Crippen molar-refractivity contribution < 1.29 is 9.53 Å².